The zero-order chi connectivity index (χ0) is 38.2. The van der Waals surface area contributed by atoms with Gasteiger partial charge in [-0.05, 0) is 38.5 Å². The van der Waals surface area contributed by atoms with Gasteiger partial charge >= 0.3 is 19.8 Å². The fourth-order valence-corrected chi connectivity index (χ4v) is 6.92. The van der Waals surface area contributed by atoms with E-state index in [1.807, 2.05) is 0 Å². The van der Waals surface area contributed by atoms with Crippen molar-refractivity contribution in [1.29, 1.82) is 0 Å². The molecule has 1 unspecified atom stereocenters. The van der Waals surface area contributed by atoms with Crippen LogP contribution in [0.3, 0.4) is 0 Å². The van der Waals surface area contributed by atoms with Crippen LogP contribution in [0.1, 0.15) is 213 Å². The summed E-state index contributed by atoms with van der Waals surface area (Å²) in [6.45, 7) is 3.72. The Balaban J connectivity index is 4.09. The van der Waals surface area contributed by atoms with Crippen LogP contribution in [-0.4, -0.2) is 49.3 Å². The minimum absolute atomic E-state index is 0.0551. The number of carbonyl (C=O) groups excluding carboxylic acids is 2. The normalized spacial score (nSPS) is 13.4. The van der Waals surface area contributed by atoms with Crippen molar-refractivity contribution in [3.05, 3.63) is 12.2 Å². The first-order valence-electron chi connectivity index (χ1n) is 21.7. The molecule has 0 aromatic carbocycles. The molecule has 52 heavy (non-hydrogen) atoms. The molecule has 0 saturated carbocycles. The summed E-state index contributed by atoms with van der Waals surface area (Å²) < 4.78 is 32.7. The quantitative estimate of drug-likeness (QED) is 0.0270. The van der Waals surface area contributed by atoms with E-state index in [9.17, 15) is 19.0 Å². The van der Waals surface area contributed by atoms with Gasteiger partial charge in [-0.15, -0.1) is 0 Å². The van der Waals surface area contributed by atoms with E-state index in [2.05, 4.69) is 26.0 Å². The van der Waals surface area contributed by atoms with Crippen LogP contribution in [-0.2, 0) is 32.7 Å². The Labute approximate surface area is 319 Å². The second kappa shape index (κ2) is 39.4. The number of rotatable bonds is 41. The zero-order valence-corrected chi connectivity index (χ0v) is 34.7. The molecule has 0 aliphatic heterocycles. The zero-order valence-electron chi connectivity index (χ0n) is 33.8. The van der Waals surface area contributed by atoms with Crippen LogP contribution in [0, 0.1) is 0 Å². The number of esters is 2. The maximum Gasteiger partial charge on any atom is 0.472 e. The SMILES string of the molecule is CCCCC/C=C\CCCCCCCC(=O)OC[C@H](COP(=O)(O)OCCN)OC(=O)CCCCCCCCCCCCCCCCCCCCC. The molecular formula is C42H82NO8P. The summed E-state index contributed by atoms with van der Waals surface area (Å²) in [5.74, 6) is -0.829. The lowest BCUT2D eigenvalue weighted by atomic mass is 10.0. The second-order valence-electron chi connectivity index (χ2n) is 14.6. The molecule has 3 N–H and O–H groups in total. The summed E-state index contributed by atoms with van der Waals surface area (Å²) in [7, 11) is -4.37. The monoisotopic (exact) mass is 760 g/mol. The first-order chi connectivity index (χ1) is 25.3. The summed E-state index contributed by atoms with van der Waals surface area (Å²) in [4.78, 5) is 34.8. The lowest BCUT2D eigenvalue weighted by molar-refractivity contribution is -0.161. The number of phosphoric ester groups is 1. The number of allylic oxidation sites excluding steroid dienone is 2. The van der Waals surface area contributed by atoms with Crippen molar-refractivity contribution in [2.45, 2.75) is 219 Å². The molecule has 0 aliphatic carbocycles. The lowest BCUT2D eigenvalue weighted by Gasteiger charge is -2.19. The highest BCUT2D eigenvalue weighted by atomic mass is 31.2. The highest BCUT2D eigenvalue weighted by Crippen LogP contribution is 2.43. The minimum Gasteiger partial charge on any atom is -0.462 e. The van der Waals surface area contributed by atoms with Crippen LogP contribution >= 0.6 is 7.82 Å². The predicted molar refractivity (Wildman–Crippen MR) is 215 cm³/mol. The average molecular weight is 760 g/mol. The average Bonchev–Trinajstić information content (AvgIpc) is 3.13. The molecule has 2 atom stereocenters. The first-order valence-corrected chi connectivity index (χ1v) is 23.2. The second-order valence-corrected chi connectivity index (χ2v) is 16.0. The largest absolute Gasteiger partial charge is 0.472 e. The van der Waals surface area contributed by atoms with Gasteiger partial charge in [-0.1, -0.05) is 174 Å². The molecule has 9 nitrogen and oxygen atoms in total. The third-order valence-corrected chi connectivity index (χ3v) is 10.4. The van der Waals surface area contributed by atoms with E-state index in [0.717, 1.165) is 51.4 Å². The van der Waals surface area contributed by atoms with Gasteiger partial charge in [0.1, 0.15) is 6.61 Å². The van der Waals surface area contributed by atoms with Gasteiger partial charge in [-0.2, -0.15) is 0 Å². The van der Waals surface area contributed by atoms with E-state index in [4.69, 9.17) is 24.3 Å². The number of unbranched alkanes of at least 4 members (excludes halogenated alkanes) is 26. The number of hydrogen-bond acceptors (Lipinski definition) is 8. The van der Waals surface area contributed by atoms with E-state index < -0.39 is 26.5 Å². The van der Waals surface area contributed by atoms with Gasteiger partial charge < -0.3 is 20.1 Å². The van der Waals surface area contributed by atoms with Crippen LogP contribution < -0.4 is 5.73 Å². The van der Waals surface area contributed by atoms with Crippen LogP contribution in [0.4, 0.5) is 0 Å². The number of hydrogen-bond donors (Lipinski definition) is 2. The Hall–Kier alpha value is -1.25. The van der Waals surface area contributed by atoms with Gasteiger partial charge in [0.2, 0.25) is 0 Å². The van der Waals surface area contributed by atoms with E-state index >= 15 is 0 Å². The van der Waals surface area contributed by atoms with Crippen LogP contribution in [0.15, 0.2) is 12.2 Å². The molecule has 0 radical (unpaired) electrons. The molecule has 0 amide bonds. The van der Waals surface area contributed by atoms with Gasteiger partial charge in [-0.3, -0.25) is 18.6 Å². The highest BCUT2D eigenvalue weighted by Gasteiger charge is 2.26. The van der Waals surface area contributed by atoms with Gasteiger partial charge in [0.25, 0.3) is 0 Å². The molecular weight excluding hydrogens is 677 g/mol. The van der Waals surface area contributed by atoms with Crippen LogP contribution in [0.25, 0.3) is 0 Å². The number of phosphoric acid groups is 1. The van der Waals surface area contributed by atoms with Crippen LogP contribution in [0.2, 0.25) is 0 Å². The lowest BCUT2D eigenvalue weighted by Crippen LogP contribution is -2.29. The third kappa shape index (κ3) is 38.5. The molecule has 0 bridgehead atoms. The van der Waals surface area contributed by atoms with E-state index in [0.29, 0.717) is 6.42 Å². The number of carbonyl (C=O) groups is 2. The van der Waals surface area contributed by atoms with E-state index in [1.165, 1.54) is 128 Å². The minimum atomic E-state index is -4.37. The third-order valence-electron chi connectivity index (χ3n) is 9.40. The van der Waals surface area contributed by atoms with Crippen molar-refractivity contribution in [3.63, 3.8) is 0 Å². The molecule has 0 heterocycles. The van der Waals surface area contributed by atoms with Crippen molar-refractivity contribution in [1.82, 2.24) is 0 Å². The molecule has 10 heteroatoms. The topological polar surface area (TPSA) is 134 Å². The molecule has 0 saturated heterocycles. The molecule has 0 spiro atoms. The van der Waals surface area contributed by atoms with Crippen LogP contribution in [0.5, 0.6) is 0 Å². The summed E-state index contributed by atoms with van der Waals surface area (Å²) in [5, 5.41) is 0. The molecule has 0 fully saturated rings. The Morgan fingerprint density at radius 3 is 1.40 bits per heavy atom. The number of ether oxygens (including phenoxy) is 2. The van der Waals surface area contributed by atoms with Crippen molar-refractivity contribution in [3.8, 4) is 0 Å². The van der Waals surface area contributed by atoms with E-state index in [1.54, 1.807) is 0 Å². The predicted octanol–water partition coefficient (Wildman–Crippen LogP) is 12.2. The van der Waals surface area contributed by atoms with Gasteiger partial charge in [0.15, 0.2) is 6.10 Å². The standard InChI is InChI=1S/C42H82NO8P/c1-3-5-7-9-11-13-15-17-18-19-20-21-22-23-25-27-29-31-33-35-42(45)51-40(39-50-52(46,47)49-37-36-43)38-48-41(44)34-32-30-28-26-24-16-14-12-10-8-6-4-2/h12,14,40H,3-11,13,15-39,43H2,1-2H3,(H,46,47)/b14-12-/t40-/m1/s1. The molecule has 308 valence electrons. The Kier molecular flexibility index (Phi) is 38.5. The molecule has 0 aromatic heterocycles. The van der Waals surface area contributed by atoms with E-state index in [-0.39, 0.29) is 38.6 Å². The summed E-state index contributed by atoms with van der Waals surface area (Å²) in [6.07, 6.45) is 39.6. The molecule has 0 rings (SSSR count). The summed E-state index contributed by atoms with van der Waals surface area (Å²) in [5.41, 5.74) is 5.34. The Morgan fingerprint density at radius 2 is 0.942 bits per heavy atom. The molecule has 0 aromatic rings. The fraction of sp³-hybridized carbons (Fsp3) is 0.905. The fourth-order valence-electron chi connectivity index (χ4n) is 6.16. The van der Waals surface area contributed by atoms with Gasteiger partial charge in [-0.25, -0.2) is 4.57 Å². The maximum absolute atomic E-state index is 12.6. The van der Waals surface area contributed by atoms with Crippen molar-refractivity contribution in [2.24, 2.45) is 5.73 Å². The van der Waals surface area contributed by atoms with Gasteiger partial charge in [0, 0.05) is 19.4 Å². The first kappa shape index (κ1) is 50.8. The maximum atomic E-state index is 12.6. The number of nitrogens with two attached hydrogens (primary N) is 1. The summed E-state index contributed by atoms with van der Waals surface area (Å²) >= 11 is 0. The van der Waals surface area contributed by atoms with Crippen molar-refractivity contribution < 1.29 is 37.6 Å². The Bertz CT molecular complexity index is 871. The van der Waals surface area contributed by atoms with Gasteiger partial charge in [0.05, 0.1) is 13.2 Å². The molecule has 0 aliphatic rings. The van der Waals surface area contributed by atoms with Crippen molar-refractivity contribution in [2.75, 3.05) is 26.4 Å². The van der Waals surface area contributed by atoms with Crippen molar-refractivity contribution >= 4 is 19.8 Å². The Morgan fingerprint density at radius 1 is 0.558 bits per heavy atom. The smallest absolute Gasteiger partial charge is 0.462 e. The highest BCUT2D eigenvalue weighted by molar-refractivity contribution is 7.47. The summed E-state index contributed by atoms with van der Waals surface area (Å²) in [6, 6.07) is 0.